The molecule has 0 spiro atoms. The highest BCUT2D eigenvalue weighted by molar-refractivity contribution is 7.99. The van der Waals surface area contributed by atoms with Gasteiger partial charge in [-0.25, -0.2) is 0 Å². The Morgan fingerprint density at radius 1 is 1.17 bits per heavy atom. The van der Waals surface area contributed by atoms with Crippen LogP contribution in [0.15, 0.2) is 47.6 Å². The molecule has 3 aromatic rings. The second-order valence-corrected chi connectivity index (χ2v) is 9.32. The number of non-ortho nitro benzene ring substituents is 1. The zero-order valence-corrected chi connectivity index (χ0v) is 21.2. The third kappa shape index (κ3) is 6.95. The van der Waals surface area contributed by atoms with Gasteiger partial charge in [0.15, 0.2) is 17.1 Å². The molecule has 1 heterocycles. The van der Waals surface area contributed by atoms with Crippen LogP contribution in [0.4, 0.5) is 11.4 Å². The summed E-state index contributed by atoms with van der Waals surface area (Å²) in [7, 11) is 1.60. The summed E-state index contributed by atoms with van der Waals surface area (Å²) in [5.74, 6) is 2.09. The number of methoxy groups -OCH3 is 1. The quantitative estimate of drug-likeness (QED) is 0.221. The van der Waals surface area contributed by atoms with Crippen molar-refractivity contribution in [1.29, 1.82) is 0 Å². The highest BCUT2D eigenvalue weighted by atomic mass is 32.2. The van der Waals surface area contributed by atoms with Crippen LogP contribution in [-0.2, 0) is 11.3 Å². The molecule has 0 bridgehead atoms. The summed E-state index contributed by atoms with van der Waals surface area (Å²) in [6.45, 7) is 8.50. The zero-order valence-electron chi connectivity index (χ0n) is 20.3. The van der Waals surface area contributed by atoms with Gasteiger partial charge in [-0.05, 0) is 37.5 Å². The highest BCUT2D eigenvalue weighted by Gasteiger charge is 2.21. The summed E-state index contributed by atoms with van der Waals surface area (Å²) in [4.78, 5) is 23.2. The van der Waals surface area contributed by atoms with Gasteiger partial charge in [0.1, 0.15) is 11.5 Å². The fourth-order valence-electron chi connectivity index (χ4n) is 3.35. The van der Waals surface area contributed by atoms with Crippen molar-refractivity contribution in [2.45, 2.75) is 45.5 Å². The number of carbonyl (C=O) groups excluding carboxylic acids is 1. The summed E-state index contributed by atoms with van der Waals surface area (Å²) in [5.41, 5.74) is 1.07. The standard InChI is InChI=1S/C24H29N5O5S/c1-15(2)13-28-23(17(4)34-20-8-6-7-19(12-20)33-5)26-27-24(28)35-14-22(30)25-21-11-18(29(31)32)10-9-16(21)3/h6-12,15,17H,13-14H2,1-5H3,(H,25,30). The molecule has 1 N–H and O–H groups in total. The van der Waals surface area contributed by atoms with Crippen molar-refractivity contribution in [3.05, 3.63) is 64.0 Å². The molecule has 1 unspecified atom stereocenters. The molecule has 0 saturated heterocycles. The number of hydrogen-bond donors (Lipinski definition) is 1. The molecular weight excluding hydrogens is 470 g/mol. The van der Waals surface area contributed by atoms with Crippen LogP contribution < -0.4 is 14.8 Å². The van der Waals surface area contributed by atoms with Gasteiger partial charge in [0, 0.05) is 24.7 Å². The van der Waals surface area contributed by atoms with Crippen LogP contribution in [0.5, 0.6) is 11.5 Å². The Bertz CT molecular complexity index is 1200. The van der Waals surface area contributed by atoms with Crippen molar-refractivity contribution in [2.75, 3.05) is 18.2 Å². The minimum atomic E-state index is -0.492. The van der Waals surface area contributed by atoms with Crippen LogP contribution in [-0.4, -0.2) is 38.5 Å². The Hall–Kier alpha value is -3.60. The van der Waals surface area contributed by atoms with Gasteiger partial charge in [-0.2, -0.15) is 0 Å². The molecule has 186 valence electrons. The van der Waals surface area contributed by atoms with Gasteiger partial charge in [0.2, 0.25) is 5.91 Å². The Morgan fingerprint density at radius 3 is 2.60 bits per heavy atom. The lowest BCUT2D eigenvalue weighted by atomic mass is 10.2. The van der Waals surface area contributed by atoms with E-state index in [1.54, 1.807) is 26.2 Å². The van der Waals surface area contributed by atoms with Crippen LogP contribution in [0, 0.1) is 23.0 Å². The maximum absolute atomic E-state index is 12.6. The molecule has 0 saturated carbocycles. The van der Waals surface area contributed by atoms with E-state index in [0.29, 0.717) is 40.6 Å². The number of nitro groups is 1. The monoisotopic (exact) mass is 499 g/mol. The van der Waals surface area contributed by atoms with E-state index >= 15 is 0 Å². The summed E-state index contributed by atoms with van der Waals surface area (Å²) in [5, 5.41) is 23.0. The molecule has 2 aromatic carbocycles. The molecule has 1 atom stereocenters. The molecule has 11 heteroatoms. The first-order valence-corrected chi connectivity index (χ1v) is 12.1. The second-order valence-electron chi connectivity index (χ2n) is 8.38. The summed E-state index contributed by atoms with van der Waals surface area (Å²) < 4.78 is 13.3. The van der Waals surface area contributed by atoms with E-state index in [2.05, 4.69) is 29.4 Å². The normalized spacial score (nSPS) is 11.8. The molecule has 3 rings (SSSR count). The van der Waals surface area contributed by atoms with E-state index in [1.807, 2.05) is 29.7 Å². The van der Waals surface area contributed by atoms with Gasteiger partial charge in [-0.1, -0.05) is 37.7 Å². The number of benzene rings is 2. The predicted octanol–water partition coefficient (Wildman–Crippen LogP) is 5.03. The fraction of sp³-hybridized carbons (Fsp3) is 0.375. The van der Waals surface area contributed by atoms with E-state index in [1.165, 1.54) is 23.9 Å². The third-order valence-electron chi connectivity index (χ3n) is 5.05. The molecule has 1 aromatic heterocycles. The van der Waals surface area contributed by atoms with Gasteiger partial charge in [0.25, 0.3) is 5.69 Å². The lowest BCUT2D eigenvalue weighted by molar-refractivity contribution is -0.384. The Kier molecular flexibility index (Phi) is 8.69. The van der Waals surface area contributed by atoms with Gasteiger partial charge < -0.3 is 19.4 Å². The number of nitro benzene ring substituents is 1. The van der Waals surface area contributed by atoms with Crippen molar-refractivity contribution in [3.63, 3.8) is 0 Å². The molecule has 1 amide bonds. The molecule has 0 radical (unpaired) electrons. The van der Waals surface area contributed by atoms with Gasteiger partial charge in [-0.15, -0.1) is 10.2 Å². The minimum Gasteiger partial charge on any atom is -0.497 e. The third-order valence-corrected chi connectivity index (χ3v) is 6.02. The lowest BCUT2D eigenvalue weighted by Gasteiger charge is -2.18. The number of rotatable bonds is 11. The van der Waals surface area contributed by atoms with E-state index in [4.69, 9.17) is 9.47 Å². The van der Waals surface area contributed by atoms with Gasteiger partial charge >= 0.3 is 0 Å². The van der Waals surface area contributed by atoms with Gasteiger partial charge in [-0.3, -0.25) is 14.9 Å². The van der Waals surface area contributed by atoms with Crippen LogP contribution in [0.3, 0.4) is 0 Å². The molecule has 35 heavy (non-hydrogen) atoms. The van der Waals surface area contributed by atoms with E-state index in [-0.39, 0.29) is 23.5 Å². The Labute approximate surface area is 208 Å². The number of ether oxygens (including phenoxy) is 2. The molecule has 0 aliphatic heterocycles. The number of amides is 1. The van der Waals surface area contributed by atoms with E-state index < -0.39 is 4.92 Å². The van der Waals surface area contributed by atoms with Crippen LogP contribution >= 0.6 is 11.8 Å². The first-order chi connectivity index (χ1) is 16.7. The van der Waals surface area contributed by atoms with Crippen molar-refractivity contribution >= 4 is 29.0 Å². The van der Waals surface area contributed by atoms with Crippen LogP contribution in [0.2, 0.25) is 0 Å². The molecule has 0 aliphatic carbocycles. The highest BCUT2D eigenvalue weighted by Crippen LogP contribution is 2.28. The summed E-state index contributed by atoms with van der Waals surface area (Å²) in [6.07, 6.45) is -0.385. The number of aromatic nitrogens is 3. The molecule has 0 aliphatic rings. The smallest absolute Gasteiger partial charge is 0.271 e. The van der Waals surface area contributed by atoms with Crippen LogP contribution in [0.1, 0.15) is 38.3 Å². The Balaban J connectivity index is 1.72. The number of carbonyl (C=O) groups is 1. The van der Waals surface area contributed by atoms with E-state index in [0.717, 1.165) is 5.56 Å². The van der Waals surface area contributed by atoms with E-state index in [9.17, 15) is 14.9 Å². The largest absolute Gasteiger partial charge is 0.497 e. The number of anilines is 1. The zero-order chi connectivity index (χ0) is 25.5. The summed E-state index contributed by atoms with van der Waals surface area (Å²) in [6, 6.07) is 11.7. The number of aryl methyl sites for hydroxylation is 1. The Morgan fingerprint density at radius 2 is 1.91 bits per heavy atom. The summed E-state index contributed by atoms with van der Waals surface area (Å²) >= 11 is 1.25. The first kappa shape index (κ1) is 26.0. The number of hydrogen-bond acceptors (Lipinski definition) is 8. The molecule has 0 fully saturated rings. The topological polar surface area (TPSA) is 121 Å². The van der Waals surface area contributed by atoms with Crippen molar-refractivity contribution < 1.29 is 19.2 Å². The van der Waals surface area contributed by atoms with Gasteiger partial charge in [0.05, 0.1) is 23.5 Å². The predicted molar refractivity (Wildman–Crippen MR) is 134 cm³/mol. The SMILES string of the molecule is COc1cccc(OC(C)c2nnc(SCC(=O)Nc3cc([N+](=O)[O-])ccc3C)n2CC(C)C)c1. The number of thioether (sulfide) groups is 1. The van der Waals surface area contributed by atoms with Crippen molar-refractivity contribution in [1.82, 2.24) is 14.8 Å². The second kappa shape index (κ2) is 11.7. The first-order valence-electron chi connectivity index (χ1n) is 11.1. The lowest BCUT2D eigenvalue weighted by Crippen LogP contribution is -2.17. The number of nitrogens with zero attached hydrogens (tertiary/aromatic N) is 4. The maximum atomic E-state index is 12.6. The maximum Gasteiger partial charge on any atom is 0.271 e. The van der Waals surface area contributed by atoms with Crippen molar-refractivity contribution in [3.8, 4) is 11.5 Å². The average molecular weight is 500 g/mol. The minimum absolute atomic E-state index is 0.0729. The number of nitrogens with one attached hydrogen (secondary N) is 1. The average Bonchev–Trinajstić information content (AvgIpc) is 3.21. The molecule has 10 nitrogen and oxygen atoms in total. The fourth-order valence-corrected chi connectivity index (χ4v) is 4.11. The van der Waals surface area contributed by atoms with Crippen molar-refractivity contribution in [2.24, 2.45) is 5.92 Å². The van der Waals surface area contributed by atoms with Crippen LogP contribution in [0.25, 0.3) is 0 Å². The molecular formula is C24H29N5O5S.